The SMILES string of the molecule is COCC(N)C(=O)N1CCc2c(ccc(Cl)c2Cl)C1.Cl. The van der Waals surface area contributed by atoms with E-state index in [4.69, 9.17) is 33.7 Å². The van der Waals surface area contributed by atoms with Crippen molar-refractivity contribution in [1.82, 2.24) is 4.90 Å². The number of fused-ring (bicyclic) bond motifs is 1. The van der Waals surface area contributed by atoms with Crippen LogP contribution in [0.25, 0.3) is 0 Å². The third kappa shape index (κ3) is 3.57. The van der Waals surface area contributed by atoms with E-state index in [-0.39, 0.29) is 24.9 Å². The zero-order chi connectivity index (χ0) is 14.0. The van der Waals surface area contributed by atoms with Gasteiger partial charge in [-0.15, -0.1) is 12.4 Å². The van der Waals surface area contributed by atoms with Crippen LogP contribution in [0.2, 0.25) is 10.0 Å². The lowest BCUT2D eigenvalue weighted by molar-refractivity contribution is -0.134. The molecule has 1 aromatic rings. The molecule has 1 aliphatic heterocycles. The second kappa shape index (κ2) is 7.48. The summed E-state index contributed by atoms with van der Waals surface area (Å²) in [4.78, 5) is 13.8. The first-order valence-corrected chi connectivity index (χ1v) is 6.79. The fraction of sp³-hybridized carbons (Fsp3) is 0.462. The Labute approximate surface area is 134 Å². The summed E-state index contributed by atoms with van der Waals surface area (Å²) in [5.41, 5.74) is 7.82. The van der Waals surface area contributed by atoms with Crippen LogP contribution in [0.4, 0.5) is 0 Å². The Morgan fingerprint density at radius 2 is 2.20 bits per heavy atom. The summed E-state index contributed by atoms with van der Waals surface area (Å²) in [7, 11) is 1.53. The monoisotopic (exact) mass is 338 g/mol. The molecule has 1 amide bonds. The number of hydrogen-bond acceptors (Lipinski definition) is 3. The molecule has 0 bridgehead atoms. The van der Waals surface area contributed by atoms with E-state index >= 15 is 0 Å². The number of amides is 1. The Morgan fingerprint density at radius 3 is 2.85 bits per heavy atom. The van der Waals surface area contributed by atoms with E-state index in [0.29, 0.717) is 29.6 Å². The molecule has 1 atom stereocenters. The Hall–Kier alpha value is -0.520. The van der Waals surface area contributed by atoms with Gasteiger partial charge < -0.3 is 15.4 Å². The molecule has 20 heavy (non-hydrogen) atoms. The maximum Gasteiger partial charge on any atom is 0.242 e. The highest BCUT2D eigenvalue weighted by Crippen LogP contribution is 2.32. The highest BCUT2D eigenvalue weighted by molar-refractivity contribution is 6.42. The molecule has 1 heterocycles. The van der Waals surface area contributed by atoms with Crippen LogP contribution in [0.1, 0.15) is 11.1 Å². The molecular formula is C13H17Cl3N2O2. The molecule has 4 nitrogen and oxygen atoms in total. The third-order valence-corrected chi connectivity index (χ3v) is 4.10. The number of halogens is 3. The highest BCUT2D eigenvalue weighted by Gasteiger charge is 2.26. The van der Waals surface area contributed by atoms with E-state index in [1.54, 1.807) is 11.0 Å². The van der Waals surface area contributed by atoms with Crippen molar-refractivity contribution in [3.63, 3.8) is 0 Å². The molecule has 0 saturated heterocycles. The Morgan fingerprint density at radius 1 is 1.50 bits per heavy atom. The topological polar surface area (TPSA) is 55.6 Å². The van der Waals surface area contributed by atoms with E-state index in [1.165, 1.54) is 7.11 Å². The normalized spacial score (nSPS) is 15.3. The minimum Gasteiger partial charge on any atom is -0.383 e. The lowest BCUT2D eigenvalue weighted by Gasteiger charge is -2.31. The quantitative estimate of drug-likeness (QED) is 0.919. The number of nitrogens with zero attached hydrogens (tertiary/aromatic N) is 1. The van der Waals surface area contributed by atoms with Crippen LogP contribution in [-0.2, 0) is 22.5 Å². The van der Waals surface area contributed by atoms with Crippen LogP contribution in [-0.4, -0.2) is 37.1 Å². The Kier molecular flexibility index (Phi) is 6.55. The molecule has 0 fully saturated rings. The summed E-state index contributed by atoms with van der Waals surface area (Å²) in [5.74, 6) is -0.0985. The van der Waals surface area contributed by atoms with Crippen molar-refractivity contribution in [2.45, 2.75) is 19.0 Å². The molecule has 0 radical (unpaired) electrons. The van der Waals surface area contributed by atoms with Gasteiger partial charge in [-0.3, -0.25) is 4.79 Å². The van der Waals surface area contributed by atoms with E-state index < -0.39 is 6.04 Å². The standard InChI is InChI=1S/C13H16Cl2N2O2.ClH/c1-19-7-11(16)13(18)17-5-4-9-8(6-17)2-3-10(14)12(9)15;/h2-3,11H,4-7,16H2,1H3;1H. The fourth-order valence-electron chi connectivity index (χ4n) is 2.26. The van der Waals surface area contributed by atoms with Gasteiger partial charge in [0.2, 0.25) is 5.91 Å². The van der Waals surface area contributed by atoms with Crippen molar-refractivity contribution in [1.29, 1.82) is 0 Å². The van der Waals surface area contributed by atoms with E-state index in [1.807, 2.05) is 6.07 Å². The molecular weight excluding hydrogens is 323 g/mol. The number of ether oxygens (including phenoxy) is 1. The predicted molar refractivity (Wildman–Crippen MR) is 82.7 cm³/mol. The van der Waals surface area contributed by atoms with E-state index in [9.17, 15) is 4.79 Å². The van der Waals surface area contributed by atoms with Crippen LogP contribution in [0, 0.1) is 0 Å². The maximum atomic E-state index is 12.1. The van der Waals surface area contributed by atoms with Crippen molar-refractivity contribution in [3.05, 3.63) is 33.3 Å². The van der Waals surface area contributed by atoms with Crippen LogP contribution in [0.3, 0.4) is 0 Å². The minimum absolute atomic E-state index is 0. The molecule has 112 valence electrons. The van der Waals surface area contributed by atoms with Gasteiger partial charge in [-0.25, -0.2) is 0 Å². The zero-order valence-corrected chi connectivity index (χ0v) is 13.4. The molecule has 0 saturated carbocycles. The van der Waals surface area contributed by atoms with Gasteiger partial charge in [0, 0.05) is 20.2 Å². The largest absolute Gasteiger partial charge is 0.383 e. The molecule has 1 aliphatic rings. The molecule has 0 aliphatic carbocycles. The van der Waals surface area contributed by atoms with Crippen molar-refractivity contribution in [2.75, 3.05) is 20.3 Å². The molecule has 2 N–H and O–H groups in total. The summed E-state index contributed by atoms with van der Waals surface area (Å²) >= 11 is 12.2. The van der Waals surface area contributed by atoms with Crippen molar-refractivity contribution < 1.29 is 9.53 Å². The van der Waals surface area contributed by atoms with E-state index in [0.717, 1.165) is 11.1 Å². The predicted octanol–water partition coefficient (Wildman–Crippen LogP) is 2.27. The average molecular weight is 340 g/mol. The highest BCUT2D eigenvalue weighted by atomic mass is 35.5. The zero-order valence-electron chi connectivity index (χ0n) is 11.1. The van der Waals surface area contributed by atoms with Gasteiger partial charge in [0.1, 0.15) is 6.04 Å². The number of hydrogen-bond donors (Lipinski definition) is 1. The number of nitrogens with two attached hydrogens (primary N) is 1. The Balaban J connectivity index is 0.00000200. The summed E-state index contributed by atoms with van der Waals surface area (Å²) in [6.45, 7) is 1.34. The number of methoxy groups -OCH3 is 1. The average Bonchev–Trinajstić information content (AvgIpc) is 2.42. The smallest absolute Gasteiger partial charge is 0.242 e. The second-order valence-electron chi connectivity index (χ2n) is 4.57. The molecule has 1 unspecified atom stereocenters. The van der Waals surface area contributed by atoms with Crippen LogP contribution in [0.15, 0.2) is 12.1 Å². The Bertz CT molecular complexity index is 497. The van der Waals surface area contributed by atoms with Crippen molar-refractivity contribution in [3.8, 4) is 0 Å². The second-order valence-corrected chi connectivity index (χ2v) is 5.36. The van der Waals surface area contributed by atoms with Gasteiger partial charge in [-0.05, 0) is 23.6 Å². The van der Waals surface area contributed by atoms with Crippen molar-refractivity contribution in [2.24, 2.45) is 5.73 Å². The van der Waals surface area contributed by atoms with Gasteiger partial charge in [-0.2, -0.15) is 0 Å². The van der Waals surface area contributed by atoms with Gasteiger partial charge in [0.05, 0.1) is 16.7 Å². The first-order chi connectivity index (χ1) is 9.04. The molecule has 0 spiro atoms. The van der Waals surface area contributed by atoms with E-state index in [2.05, 4.69) is 0 Å². The number of carbonyl (C=O) groups is 1. The summed E-state index contributed by atoms with van der Waals surface area (Å²) < 4.78 is 4.91. The number of benzene rings is 1. The lowest BCUT2D eigenvalue weighted by Crippen LogP contribution is -2.47. The fourth-order valence-corrected chi connectivity index (χ4v) is 2.71. The summed E-state index contributed by atoms with van der Waals surface area (Å²) in [5, 5.41) is 1.14. The van der Waals surface area contributed by atoms with Crippen LogP contribution < -0.4 is 5.73 Å². The van der Waals surface area contributed by atoms with Gasteiger partial charge >= 0.3 is 0 Å². The van der Waals surface area contributed by atoms with Crippen LogP contribution in [0.5, 0.6) is 0 Å². The van der Waals surface area contributed by atoms with Crippen molar-refractivity contribution >= 4 is 41.5 Å². The van der Waals surface area contributed by atoms with Gasteiger partial charge in [0.25, 0.3) is 0 Å². The number of rotatable bonds is 3. The maximum absolute atomic E-state index is 12.1. The first kappa shape index (κ1) is 17.5. The molecule has 7 heteroatoms. The van der Waals surface area contributed by atoms with Gasteiger partial charge in [-0.1, -0.05) is 29.3 Å². The van der Waals surface area contributed by atoms with Gasteiger partial charge in [0.15, 0.2) is 0 Å². The lowest BCUT2D eigenvalue weighted by atomic mass is 9.99. The first-order valence-electron chi connectivity index (χ1n) is 6.03. The molecule has 2 rings (SSSR count). The molecule has 0 aromatic heterocycles. The minimum atomic E-state index is -0.616. The molecule has 1 aromatic carbocycles. The summed E-state index contributed by atoms with van der Waals surface area (Å²) in [6, 6.07) is 3.05. The number of carbonyl (C=O) groups excluding carboxylic acids is 1. The summed E-state index contributed by atoms with van der Waals surface area (Å²) in [6.07, 6.45) is 0.695. The van der Waals surface area contributed by atoms with Crippen LogP contribution >= 0.6 is 35.6 Å². The third-order valence-electron chi connectivity index (χ3n) is 3.26.